The number of nitrogens with zero attached hydrogens (tertiary/aromatic N) is 2. The van der Waals surface area contributed by atoms with Crippen molar-refractivity contribution >= 4 is 24.2 Å². The normalized spacial score (nSPS) is 14.7. The molecule has 4 nitrogen and oxygen atoms in total. The van der Waals surface area contributed by atoms with Crippen molar-refractivity contribution in [3.05, 3.63) is 12.0 Å². The van der Waals surface area contributed by atoms with E-state index in [2.05, 4.69) is 19.1 Å². The van der Waals surface area contributed by atoms with E-state index < -0.39 is 0 Å². The minimum atomic E-state index is 0.856. The number of fused-ring (bicyclic) bond motifs is 1. The van der Waals surface area contributed by atoms with Gasteiger partial charge in [0, 0.05) is 0 Å². The summed E-state index contributed by atoms with van der Waals surface area (Å²) in [6, 6.07) is 0. The summed E-state index contributed by atoms with van der Waals surface area (Å²) in [6.07, 6.45) is 3.37. The lowest BCUT2D eigenvalue weighted by Gasteiger charge is -2.01. The van der Waals surface area contributed by atoms with Crippen molar-refractivity contribution in [2.75, 3.05) is 4.72 Å². The Bertz CT molecular complexity index is 240. The molecule has 1 aromatic rings. The first-order valence-corrected chi connectivity index (χ1v) is 3.23. The second-order valence-corrected chi connectivity index (χ2v) is 2.19. The van der Waals surface area contributed by atoms with Gasteiger partial charge < -0.3 is 4.98 Å². The summed E-state index contributed by atoms with van der Waals surface area (Å²) in [4.78, 5) is 6.90. The Hall–Kier alpha value is -0.970. The lowest BCUT2D eigenvalue weighted by atomic mass is 10.5. The predicted molar refractivity (Wildman–Crippen MR) is 37.4 cm³/mol. The molecule has 0 aromatic carbocycles. The van der Waals surface area contributed by atoms with E-state index in [1.807, 2.05) is 0 Å². The first-order valence-electron chi connectivity index (χ1n) is 2.45. The Morgan fingerprint density at radius 1 is 1.56 bits per heavy atom. The lowest BCUT2D eigenvalue weighted by molar-refractivity contribution is 1.31. The number of nitrogens with one attached hydrogen (secondary N) is 2. The van der Waals surface area contributed by atoms with Gasteiger partial charge in [-0.3, -0.25) is 4.72 Å². The number of imidazole rings is 1. The molecule has 0 atom stereocenters. The van der Waals surface area contributed by atoms with Crippen LogP contribution in [0.3, 0.4) is 0 Å². The van der Waals surface area contributed by atoms with Crippen molar-refractivity contribution in [1.29, 1.82) is 0 Å². The van der Waals surface area contributed by atoms with E-state index in [4.69, 9.17) is 0 Å². The summed E-state index contributed by atoms with van der Waals surface area (Å²) in [5, 5.41) is 0. The van der Waals surface area contributed by atoms with Crippen LogP contribution in [0, 0.1) is 0 Å². The Morgan fingerprint density at radius 3 is 3.44 bits per heavy atom. The third kappa shape index (κ3) is 0.692. The highest BCUT2D eigenvalue weighted by Gasteiger charge is 2.05. The maximum Gasteiger partial charge on any atom is 0.164 e. The van der Waals surface area contributed by atoms with E-state index >= 15 is 0 Å². The summed E-state index contributed by atoms with van der Waals surface area (Å²) < 4.78 is 6.82. The highest BCUT2D eigenvalue weighted by Crippen LogP contribution is 2.17. The van der Waals surface area contributed by atoms with Gasteiger partial charge in [-0.15, -0.1) is 0 Å². The van der Waals surface area contributed by atoms with Crippen molar-refractivity contribution in [3.63, 3.8) is 0 Å². The number of anilines is 1. The summed E-state index contributed by atoms with van der Waals surface area (Å²) in [6.45, 7) is 0. The minimum Gasteiger partial charge on any atom is -0.342 e. The topological polar surface area (TPSA) is 53.1 Å². The Balaban J connectivity index is 2.53. The van der Waals surface area contributed by atoms with Crippen LogP contribution in [0.4, 0.5) is 5.82 Å². The van der Waals surface area contributed by atoms with Gasteiger partial charge in [-0.2, -0.15) is 0 Å². The van der Waals surface area contributed by atoms with Crippen LogP contribution in [-0.2, 0) is 0 Å². The molecule has 0 spiro atoms. The van der Waals surface area contributed by atoms with Crippen LogP contribution in [0.25, 0.3) is 0 Å². The van der Waals surface area contributed by atoms with Crippen LogP contribution >= 0.6 is 12.1 Å². The first kappa shape index (κ1) is 4.87. The average molecular weight is 140 g/mol. The van der Waals surface area contributed by atoms with E-state index in [0.717, 1.165) is 11.5 Å². The zero-order chi connectivity index (χ0) is 6.10. The van der Waals surface area contributed by atoms with Gasteiger partial charge in [-0.25, -0.2) is 9.38 Å². The monoisotopic (exact) mass is 140 g/mol. The number of H-pyrrole nitrogens is 1. The van der Waals surface area contributed by atoms with Gasteiger partial charge in [-0.05, 0) is 0 Å². The summed E-state index contributed by atoms with van der Waals surface area (Å²) in [7, 11) is 0. The zero-order valence-corrected chi connectivity index (χ0v) is 5.27. The van der Waals surface area contributed by atoms with Gasteiger partial charge in [-0.1, -0.05) is 0 Å². The number of hydrogen-bond acceptors (Lipinski definition) is 4. The number of aromatic nitrogens is 2. The van der Waals surface area contributed by atoms with Crippen LogP contribution in [0.1, 0.15) is 5.69 Å². The quantitative estimate of drug-likeness (QED) is 0.524. The maximum absolute atomic E-state index is 3.98. The van der Waals surface area contributed by atoms with Gasteiger partial charge in [0.05, 0.1) is 24.7 Å². The third-order valence-electron chi connectivity index (χ3n) is 1.05. The van der Waals surface area contributed by atoms with E-state index in [1.165, 1.54) is 12.1 Å². The van der Waals surface area contributed by atoms with Gasteiger partial charge in [0.15, 0.2) is 5.82 Å². The lowest BCUT2D eigenvalue weighted by Crippen LogP contribution is -1.95. The molecule has 0 unspecified atom stereocenters. The van der Waals surface area contributed by atoms with Gasteiger partial charge in [0.2, 0.25) is 0 Å². The molecule has 0 aliphatic carbocycles. The molecule has 0 amide bonds. The largest absolute Gasteiger partial charge is 0.342 e. The maximum atomic E-state index is 3.98. The highest BCUT2D eigenvalue weighted by molar-refractivity contribution is 7.99. The van der Waals surface area contributed by atoms with Crippen molar-refractivity contribution in [1.82, 2.24) is 9.97 Å². The van der Waals surface area contributed by atoms with Crippen molar-refractivity contribution in [2.24, 2.45) is 4.40 Å². The molecular weight excluding hydrogens is 136 g/mol. The molecule has 46 valence electrons. The zero-order valence-electron chi connectivity index (χ0n) is 4.46. The Kier molecular flexibility index (Phi) is 0.955. The third-order valence-corrected chi connectivity index (χ3v) is 1.54. The molecular formula is C4H4N4S. The van der Waals surface area contributed by atoms with Crippen molar-refractivity contribution in [3.8, 4) is 0 Å². The van der Waals surface area contributed by atoms with Crippen LogP contribution in [0.15, 0.2) is 10.7 Å². The van der Waals surface area contributed by atoms with Crippen molar-refractivity contribution < 1.29 is 0 Å². The standard InChI is InChI=1S/C4H4N4S/c1-3-4(6-2-5-3)8-9-7-1/h1-2,8H,(H,5,6). The molecule has 0 radical (unpaired) electrons. The summed E-state index contributed by atoms with van der Waals surface area (Å²) >= 11 is 1.28. The SMILES string of the molecule is C1=NSNc2nc[nH]c21. The molecule has 0 saturated carbocycles. The van der Waals surface area contributed by atoms with E-state index in [1.54, 1.807) is 12.5 Å². The fourth-order valence-corrected chi connectivity index (χ4v) is 1.09. The second-order valence-electron chi connectivity index (χ2n) is 1.59. The number of aromatic amines is 1. The molecule has 9 heavy (non-hydrogen) atoms. The molecule has 5 heteroatoms. The average Bonchev–Trinajstić information content (AvgIpc) is 2.33. The molecule has 0 bridgehead atoms. The molecule has 2 rings (SSSR count). The fourth-order valence-electron chi connectivity index (χ4n) is 0.633. The smallest absolute Gasteiger partial charge is 0.164 e. The molecule has 1 aromatic heterocycles. The molecule has 0 fully saturated rings. The van der Waals surface area contributed by atoms with Crippen LogP contribution < -0.4 is 4.72 Å². The molecule has 2 heterocycles. The molecule has 2 N–H and O–H groups in total. The van der Waals surface area contributed by atoms with Gasteiger partial charge >= 0.3 is 0 Å². The highest BCUT2D eigenvalue weighted by atomic mass is 32.2. The Labute approximate surface area is 56.1 Å². The Morgan fingerprint density at radius 2 is 2.56 bits per heavy atom. The molecule has 0 saturated heterocycles. The predicted octanol–water partition coefficient (Wildman–Crippen LogP) is 0.817. The fraction of sp³-hybridized carbons (Fsp3) is 0. The first-order chi connectivity index (χ1) is 4.47. The van der Waals surface area contributed by atoms with Gasteiger partial charge in [0.25, 0.3) is 0 Å². The second kappa shape index (κ2) is 1.77. The number of hydrogen-bond donors (Lipinski definition) is 2. The van der Waals surface area contributed by atoms with Crippen LogP contribution in [0.2, 0.25) is 0 Å². The van der Waals surface area contributed by atoms with E-state index in [-0.39, 0.29) is 0 Å². The summed E-state index contributed by atoms with van der Waals surface area (Å²) in [5.41, 5.74) is 0.939. The van der Waals surface area contributed by atoms with E-state index in [0.29, 0.717) is 0 Å². The number of rotatable bonds is 0. The molecule has 1 aliphatic heterocycles. The minimum absolute atomic E-state index is 0.856. The van der Waals surface area contributed by atoms with Gasteiger partial charge in [0.1, 0.15) is 5.69 Å². The van der Waals surface area contributed by atoms with E-state index in [9.17, 15) is 0 Å². The van der Waals surface area contributed by atoms with Crippen molar-refractivity contribution in [2.45, 2.75) is 0 Å². The van der Waals surface area contributed by atoms with Crippen LogP contribution in [0.5, 0.6) is 0 Å². The molecule has 1 aliphatic rings. The van der Waals surface area contributed by atoms with Crippen LogP contribution in [-0.4, -0.2) is 16.2 Å². The summed E-state index contributed by atoms with van der Waals surface area (Å²) in [5.74, 6) is 0.856.